The Kier molecular flexibility index (Phi) is 3.96. The highest BCUT2D eigenvalue weighted by atomic mass is 16.6. The topological polar surface area (TPSA) is 59.0 Å². The molecular formula is C12H17NO4. The van der Waals surface area contributed by atoms with E-state index in [0.29, 0.717) is 16.5 Å². The van der Waals surface area contributed by atoms with E-state index in [2.05, 4.69) is 0 Å². The lowest BCUT2D eigenvalue weighted by Crippen LogP contribution is -2.34. The fourth-order valence-corrected chi connectivity index (χ4v) is 1.15. The quantitative estimate of drug-likeness (QED) is 0.636. The molecule has 0 saturated carbocycles. The van der Waals surface area contributed by atoms with Crippen LogP contribution in [-0.2, 0) is 4.74 Å². The van der Waals surface area contributed by atoms with Gasteiger partial charge in [-0.3, -0.25) is 5.21 Å². The van der Waals surface area contributed by atoms with E-state index in [9.17, 15) is 10.0 Å². The smallest absolute Gasteiger partial charge is 0.439 e. The summed E-state index contributed by atoms with van der Waals surface area (Å²) < 4.78 is 10.0. The molecule has 0 heterocycles. The molecule has 1 aromatic rings. The highest BCUT2D eigenvalue weighted by Gasteiger charge is 2.22. The van der Waals surface area contributed by atoms with Gasteiger partial charge < -0.3 is 9.47 Å². The van der Waals surface area contributed by atoms with Gasteiger partial charge in [0.2, 0.25) is 0 Å². The number of hydrogen-bond acceptors (Lipinski definition) is 4. The molecule has 0 aliphatic rings. The van der Waals surface area contributed by atoms with Gasteiger partial charge in [0.1, 0.15) is 11.4 Å². The van der Waals surface area contributed by atoms with Gasteiger partial charge in [-0.2, -0.15) is 5.06 Å². The predicted octanol–water partition coefficient (Wildman–Crippen LogP) is 2.83. The largest absolute Gasteiger partial charge is 0.497 e. The lowest BCUT2D eigenvalue weighted by molar-refractivity contribution is 0.0407. The second-order valence-corrected chi connectivity index (χ2v) is 4.49. The molecule has 0 aliphatic carbocycles. The van der Waals surface area contributed by atoms with Gasteiger partial charge in [-0.15, -0.1) is 0 Å². The molecule has 0 aromatic heterocycles. The predicted molar refractivity (Wildman–Crippen MR) is 63.5 cm³/mol. The van der Waals surface area contributed by atoms with E-state index in [4.69, 9.17) is 9.47 Å². The number of methoxy groups -OCH3 is 1. The van der Waals surface area contributed by atoms with Crippen LogP contribution >= 0.6 is 0 Å². The Morgan fingerprint density at radius 3 is 2.53 bits per heavy atom. The number of hydrogen-bond donors (Lipinski definition) is 1. The monoisotopic (exact) mass is 239 g/mol. The number of carbonyl (C=O) groups excluding carboxylic acids is 1. The van der Waals surface area contributed by atoms with Gasteiger partial charge in [0.05, 0.1) is 12.8 Å². The van der Waals surface area contributed by atoms with Gasteiger partial charge >= 0.3 is 6.09 Å². The molecule has 1 N–H and O–H groups in total. The van der Waals surface area contributed by atoms with Crippen molar-refractivity contribution in [3.05, 3.63) is 24.3 Å². The van der Waals surface area contributed by atoms with Gasteiger partial charge in [0.15, 0.2) is 0 Å². The van der Waals surface area contributed by atoms with Crippen LogP contribution in [0.5, 0.6) is 5.75 Å². The average molecular weight is 239 g/mol. The minimum absolute atomic E-state index is 0.290. The first kappa shape index (κ1) is 13.3. The molecule has 5 nitrogen and oxygen atoms in total. The highest BCUT2D eigenvalue weighted by molar-refractivity contribution is 5.85. The molecule has 0 atom stereocenters. The Morgan fingerprint density at radius 2 is 2.00 bits per heavy atom. The molecule has 0 aliphatic heterocycles. The van der Waals surface area contributed by atoms with Gasteiger partial charge in [0.25, 0.3) is 0 Å². The summed E-state index contributed by atoms with van der Waals surface area (Å²) >= 11 is 0. The highest BCUT2D eigenvalue weighted by Crippen LogP contribution is 2.21. The third-order valence-corrected chi connectivity index (χ3v) is 1.86. The van der Waals surface area contributed by atoms with Crippen LogP contribution in [0.3, 0.4) is 0 Å². The Morgan fingerprint density at radius 1 is 1.35 bits per heavy atom. The van der Waals surface area contributed by atoms with Crippen molar-refractivity contribution in [2.24, 2.45) is 0 Å². The molecule has 1 amide bonds. The summed E-state index contributed by atoms with van der Waals surface area (Å²) in [7, 11) is 1.51. The van der Waals surface area contributed by atoms with Crippen molar-refractivity contribution in [1.29, 1.82) is 0 Å². The molecule has 17 heavy (non-hydrogen) atoms. The van der Waals surface area contributed by atoms with Crippen molar-refractivity contribution in [2.75, 3.05) is 12.2 Å². The van der Waals surface area contributed by atoms with Crippen LogP contribution in [0, 0.1) is 0 Å². The molecule has 1 rings (SSSR count). The maximum atomic E-state index is 11.6. The van der Waals surface area contributed by atoms with E-state index < -0.39 is 11.7 Å². The zero-order valence-corrected chi connectivity index (χ0v) is 10.4. The van der Waals surface area contributed by atoms with Crippen LogP contribution in [0.1, 0.15) is 20.8 Å². The van der Waals surface area contributed by atoms with Crippen molar-refractivity contribution in [3.63, 3.8) is 0 Å². The van der Waals surface area contributed by atoms with Gasteiger partial charge in [-0.1, -0.05) is 6.07 Å². The molecule has 0 spiro atoms. The van der Waals surface area contributed by atoms with Crippen molar-refractivity contribution < 1.29 is 19.5 Å². The molecule has 94 valence electrons. The van der Waals surface area contributed by atoms with Crippen LogP contribution in [-0.4, -0.2) is 24.0 Å². The van der Waals surface area contributed by atoms with Crippen LogP contribution in [0.4, 0.5) is 10.5 Å². The minimum atomic E-state index is -0.828. The van der Waals surface area contributed by atoms with Crippen LogP contribution in [0.25, 0.3) is 0 Å². The Hall–Kier alpha value is -1.75. The number of nitrogens with zero attached hydrogens (tertiary/aromatic N) is 1. The summed E-state index contributed by atoms with van der Waals surface area (Å²) in [5.41, 5.74) is -0.365. The van der Waals surface area contributed by atoms with Gasteiger partial charge in [-0.05, 0) is 32.9 Å². The maximum Gasteiger partial charge on any atom is 0.439 e. The molecule has 0 saturated heterocycles. The number of ether oxygens (including phenoxy) is 2. The first-order valence-corrected chi connectivity index (χ1v) is 5.19. The fourth-order valence-electron chi connectivity index (χ4n) is 1.15. The zero-order valence-electron chi connectivity index (χ0n) is 10.4. The van der Waals surface area contributed by atoms with E-state index in [0.717, 1.165) is 0 Å². The third-order valence-electron chi connectivity index (χ3n) is 1.86. The van der Waals surface area contributed by atoms with E-state index in [-0.39, 0.29) is 0 Å². The molecular weight excluding hydrogens is 222 g/mol. The number of amides is 1. The summed E-state index contributed by atoms with van der Waals surface area (Å²) in [6, 6.07) is 6.49. The SMILES string of the molecule is COc1cccc(N(O)C(=O)OC(C)(C)C)c1. The van der Waals surface area contributed by atoms with E-state index in [1.54, 1.807) is 39.0 Å². The van der Waals surface area contributed by atoms with Crippen molar-refractivity contribution in [2.45, 2.75) is 26.4 Å². The molecule has 0 radical (unpaired) electrons. The molecule has 0 unspecified atom stereocenters. The Bertz CT molecular complexity index is 398. The normalized spacial score (nSPS) is 10.9. The summed E-state index contributed by atoms with van der Waals surface area (Å²) in [5.74, 6) is 0.546. The van der Waals surface area contributed by atoms with Gasteiger partial charge in [-0.25, -0.2) is 4.79 Å². The Balaban J connectivity index is 2.81. The lowest BCUT2D eigenvalue weighted by Gasteiger charge is -2.23. The molecule has 5 heteroatoms. The summed E-state index contributed by atoms with van der Waals surface area (Å²) in [5, 5.41) is 10.1. The summed E-state index contributed by atoms with van der Waals surface area (Å²) in [6.45, 7) is 5.18. The van der Waals surface area contributed by atoms with Crippen molar-refractivity contribution >= 4 is 11.8 Å². The molecule has 0 fully saturated rings. The molecule has 0 bridgehead atoms. The van der Waals surface area contributed by atoms with E-state index in [1.807, 2.05) is 0 Å². The molecule has 1 aromatic carbocycles. The van der Waals surface area contributed by atoms with E-state index in [1.165, 1.54) is 13.2 Å². The number of anilines is 1. The average Bonchev–Trinajstić information content (AvgIpc) is 2.26. The lowest BCUT2D eigenvalue weighted by atomic mass is 10.2. The fraction of sp³-hybridized carbons (Fsp3) is 0.417. The van der Waals surface area contributed by atoms with Crippen molar-refractivity contribution in [1.82, 2.24) is 0 Å². The number of carbonyl (C=O) groups is 1. The number of benzene rings is 1. The summed E-state index contributed by atoms with van der Waals surface area (Å²) in [6.07, 6.45) is -0.828. The van der Waals surface area contributed by atoms with Crippen LogP contribution in [0.15, 0.2) is 24.3 Å². The zero-order chi connectivity index (χ0) is 13.1. The first-order chi connectivity index (χ1) is 7.83. The standard InChI is InChI=1S/C12H17NO4/c1-12(2,3)17-11(14)13(15)9-6-5-7-10(8-9)16-4/h5-8,15H,1-4H3. The van der Waals surface area contributed by atoms with Gasteiger partial charge in [0, 0.05) is 6.07 Å². The minimum Gasteiger partial charge on any atom is -0.497 e. The number of hydroxylamine groups is 1. The van der Waals surface area contributed by atoms with Crippen LogP contribution in [0.2, 0.25) is 0 Å². The maximum absolute atomic E-state index is 11.6. The number of rotatable bonds is 2. The Labute approximate surface area is 101 Å². The second-order valence-electron chi connectivity index (χ2n) is 4.49. The van der Waals surface area contributed by atoms with E-state index >= 15 is 0 Å². The van der Waals surface area contributed by atoms with Crippen molar-refractivity contribution in [3.8, 4) is 5.75 Å². The second kappa shape index (κ2) is 5.05. The van der Waals surface area contributed by atoms with Crippen LogP contribution < -0.4 is 9.80 Å². The third kappa shape index (κ3) is 3.96. The summed E-state index contributed by atoms with van der Waals surface area (Å²) in [4.78, 5) is 11.6. The first-order valence-electron chi connectivity index (χ1n) is 5.19.